The summed E-state index contributed by atoms with van der Waals surface area (Å²) in [5.41, 5.74) is 1.21. The molecule has 0 bridgehead atoms. The van der Waals surface area contributed by atoms with Crippen molar-refractivity contribution in [3.63, 3.8) is 0 Å². The van der Waals surface area contributed by atoms with Gasteiger partial charge in [-0.25, -0.2) is 4.39 Å². The molecule has 0 amide bonds. The summed E-state index contributed by atoms with van der Waals surface area (Å²) in [6, 6.07) is 6.44. The average molecular weight is 276 g/mol. The minimum atomic E-state index is -0.335. The third-order valence-corrected chi connectivity index (χ3v) is 3.50. The molecule has 106 valence electrons. The van der Waals surface area contributed by atoms with Gasteiger partial charge in [-0.1, -0.05) is 12.1 Å². The number of carbonyl (C=O) groups excluding carboxylic acids is 2. The van der Waals surface area contributed by atoms with Gasteiger partial charge in [0.05, 0.1) is 11.3 Å². The molecule has 1 aliphatic heterocycles. The largest absolute Gasteiger partial charge is 0.298 e. The molecule has 0 aromatic heterocycles. The molecule has 0 atom stereocenters. The van der Waals surface area contributed by atoms with E-state index in [1.54, 1.807) is 35.3 Å². The van der Waals surface area contributed by atoms with E-state index in [2.05, 4.69) is 0 Å². The Balaban J connectivity index is 2.38. The van der Waals surface area contributed by atoms with Crippen LogP contribution in [0.4, 0.5) is 10.1 Å². The van der Waals surface area contributed by atoms with Crippen LogP contribution in [0, 0.1) is 5.82 Å². The number of hydrazine groups is 1. The quantitative estimate of drug-likeness (QED) is 0.366. The summed E-state index contributed by atoms with van der Waals surface area (Å²) in [5.74, 6) is -0.335. The average Bonchev–Trinajstić information content (AvgIpc) is 2.49. The first-order valence-corrected chi connectivity index (χ1v) is 6.58. The summed E-state index contributed by atoms with van der Waals surface area (Å²) in [6.07, 6.45) is 3.63. The van der Waals surface area contributed by atoms with E-state index >= 15 is 0 Å². The number of hydrogen-bond acceptors (Lipinski definition) is 4. The van der Waals surface area contributed by atoms with E-state index in [0.717, 1.165) is 12.8 Å². The topological polar surface area (TPSA) is 40.6 Å². The standard InChI is InChI=1S/C15H17FN2O2/c1-17(15-8-3-2-6-13(15)16)18-9-5-4-7-14(18)12(10-19)11-20/h2-3,6,8,10-11H,4-5,7,9H2,1H3. The minimum absolute atomic E-state index is 0.132. The van der Waals surface area contributed by atoms with E-state index in [1.165, 1.54) is 6.07 Å². The van der Waals surface area contributed by atoms with Crippen molar-refractivity contribution in [1.82, 2.24) is 5.01 Å². The number of benzene rings is 1. The smallest absolute Gasteiger partial charge is 0.155 e. The fraction of sp³-hybridized carbons (Fsp3) is 0.333. The van der Waals surface area contributed by atoms with Gasteiger partial charge in [0, 0.05) is 19.3 Å². The first-order chi connectivity index (χ1) is 9.69. The second-order valence-electron chi connectivity index (χ2n) is 4.69. The Morgan fingerprint density at radius 3 is 2.60 bits per heavy atom. The van der Waals surface area contributed by atoms with Crippen molar-refractivity contribution in [3.8, 4) is 0 Å². The van der Waals surface area contributed by atoms with Crippen molar-refractivity contribution < 1.29 is 14.0 Å². The van der Waals surface area contributed by atoms with E-state index in [0.29, 0.717) is 36.9 Å². The summed E-state index contributed by atoms with van der Waals surface area (Å²) in [6.45, 7) is 0.658. The van der Waals surface area contributed by atoms with Crippen LogP contribution in [0.1, 0.15) is 19.3 Å². The van der Waals surface area contributed by atoms with E-state index in [4.69, 9.17) is 0 Å². The fourth-order valence-corrected chi connectivity index (χ4v) is 2.45. The lowest BCUT2D eigenvalue weighted by molar-refractivity contribution is -0.110. The van der Waals surface area contributed by atoms with Gasteiger partial charge in [0.2, 0.25) is 0 Å². The van der Waals surface area contributed by atoms with Crippen LogP contribution in [0.25, 0.3) is 0 Å². The van der Waals surface area contributed by atoms with Gasteiger partial charge in [0.25, 0.3) is 0 Å². The predicted molar refractivity (Wildman–Crippen MR) is 74.5 cm³/mol. The summed E-state index contributed by atoms with van der Waals surface area (Å²) >= 11 is 0. The summed E-state index contributed by atoms with van der Waals surface area (Å²) in [4.78, 5) is 22.0. The number of carbonyl (C=O) groups is 2. The van der Waals surface area contributed by atoms with E-state index in [9.17, 15) is 14.0 Å². The summed E-state index contributed by atoms with van der Waals surface area (Å²) in [7, 11) is 1.73. The zero-order valence-corrected chi connectivity index (χ0v) is 11.4. The maximum absolute atomic E-state index is 13.9. The van der Waals surface area contributed by atoms with Crippen molar-refractivity contribution in [1.29, 1.82) is 0 Å². The first-order valence-electron chi connectivity index (χ1n) is 6.58. The minimum Gasteiger partial charge on any atom is -0.298 e. The molecular weight excluding hydrogens is 259 g/mol. The molecule has 1 aromatic carbocycles. The SMILES string of the molecule is CN(c1ccccc1F)N1CCCCC1=C(C=O)C=O. The number of halogens is 1. The Kier molecular flexibility index (Phi) is 4.50. The molecule has 1 aromatic rings. The summed E-state index contributed by atoms with van der Waals surface area (Å²) in [5, 5.41) is 3.47. The molecule has 20 heavy (non-hydrogen) atoms. The lowest BCUT2D eigenvalue weighted by atomic mass is 10.0. The number of anilines is 1. The van der Waals surface area contributed by atoms with Crippen molar-refractivity contribution in [2.45, 2.75) is 19.3 Å². The fourth-order valence-electron chi connectivity index (χ4n) is 2.45. The van der Waals surface area contributed by atoms with Crippen LogP contribution in [0.2, 0.25) is 0 Å². The van der Waals surface area contributed by atoms with Gasteiger partial charge in [0.15, 0.2) is 12.6 Å². The molecule has 1 fully saturated rings. The highest BCUT2D eigenvalue weighted by molar-refractivity contribution is 6.00. The maximum atomic E-state index is 13.9. The third-order valence-electron chi connectivity index (χ3n) is 3.50. The van der Waals surface area contributed by atoms with Crippen molar-refractivity contribution in [3.05, 3.63) is 41.4 Å². The van der Waals surface area contributed by atoms with Crippen LogP contribution in [0.15, 0.2) is 35.5 Å². The van der Waals surface area contributed by atoms with Crippen molar-refractivity contribution >= 4 is 18.3 Å². The van der Waals surface area contributed by atoms with Gasteiger partial charge >= 0.3 is 0 Å². The first kappa shape index (κ1) is 14.2. The van der Waals surface area contributed by atoms with Gasteiger partial charge < -0.3 is 0 Å². The van der Waals surface area contributed by atoms with E-state index in [1.807, 2.05) is 0 Å². The molecule has 2 rings (SSSR count). The molecule has 0 N–H and O–H groups in total. The molecule has 0 aliphatic carbocycles. The highest BCUT2D eigenvalue weighted by Gasteiger charge is 2.23. The lowest BCUT2D eigenvalue weighted by Gasteiger charge is -2.40. The number of hydrogen-bond donors (Lipinski definition) is 0. The van der Waals surface area contributed by atoms with Gasteiger partial charge in [0.1, 0.15) is 5.82 Å². The summed E-state index contributed by atoms with van der Waals surface area (Å²) < 4.78 is 13.9. The molecule has 1 saturated heterocycles. The highest BCUT2D eigenvalue weighted by Crippen LogP contribution is 2.28. The highest BCUT2D eigenvalue weighted by atomic mass is 19.1. The van der Waals surface area contributed by atoms with Gasteiger partial charge in [-0.05, 0) is 31.4 Å². The number of allylic oxidation sites excluding steroid dienone is 2. The predicted octanol–water partition coefficient (Wildman–Crippen LogP) is 2.31. The van der Waals surface area contributed by atoms with Crippen LogP contribution >= 0.6 is 0 Å². The molecule has 5 heteroatoms. The van der Waals surface area contributed by atoms with Gasteiger partial charge in [-0.2, -0.15) is 0 Å². The van der Waals surface area contributed by atoms with Crippen molar-refractivity contribution in [2.24, 2.45) is 0 Å². The number of aldehydes is 2. The Morgan fingerprint density at radius 1 is 1.25 bits per heavy atom. The van der Waals surface area contributed by atoms with E-state index < -0.39 is 0 Å². The molecule has 0 saturated carbocycles. The Hall–Kier alpha value is -2.17. The molecule has 1 heterocycles. The second-order valence-corrected chi connectivity index (χ2v) is 4.69. The van der Waals surface area contributed by atoms with Crippen LogP contribution in [-0.2, 0) is 9.59 Å². The molecule has 4 nitrogen and oxygen atoms in total. The maximum Gasteiger partial charge on any atom is 0.155 e. The van der Waals surface area contributed by atoms with Crippen molar-refractivity contribution in [2.75, 3.05) is 18.6 Å². The van der Waals surface area contributed by atoms with Crippen LogP contribution in [-0.4, -0.2) is 31.2 Å². The van der Waals surface area contributed by atoms with Crippen LogP contribution in [0.3, 0.4) is 0 Å². The monoisotopic (exact) mass is 276 g/mol. The van der Waals surface area contributed by atoms with Crippen LogP contribution in [0.5, 0.6) is 0 Å². The normalized spacial score (nSPS) is 14.9. The molecule has 0 unspecified atom stereocenters. The lowest BCUT2D eigenvalue weighted by Crippen LogP contribution is -2.43. The molecule has 0 radical (unpaired) electrons. The Morgan fingerprint density at radius 2 is 1.95 bits per heavy atom. The van der Waals surface area contributed by atoms with E-state index in [-0.39, 0.29) is 11.4 Å². The third kappa shape index (κ3) is 2.71. The number of piperidine rings is 1. The second kappa shape index (κ2) is 6.32. The Labute approximate surface area is 117 Å². The molecule has 0 spiro atoms. The number of nitrogens with zero attached hydrogens (tertiary/aromatic N) is 2. The zero-order chi connectivity index (χ0) is 14.5. The zero-order valence-electron chi connectivity index (χ0n) is 11.4. The van der Waals surface area contributed by atoms with Gasteiger partial charge in [-0.15, -0.1) is 0 Å². The number of para-hydroxylation sites is 1. The Bertz CT molecular complexity index is 532. The molecular formula is C15H17FN2O2. The molecule has 1 aliphatic rings. The van der Waals surface area contributed by atoms with Crippen LogP contribution < -0.4 is 5.01 Å². The van der Waals surface area contributed by atoms with Gasteiger partial charge in [-0.3, -0.25) is 19.6 Å². The number of rotatable bonds is 4.